The van der Waals surface area contributed by atoms with Crippen LogP contribution in [0.2, 0.25) is 5.15 Å². The Morgan fingerprint density at radius 3 is 2.30 bits per heavy atom. The van der Waals surface area contributed by atoms with Crippen LogP contribution in [0, 0.1) is 0 Å². The number of piperazine rings is 1. The van der Waals surface area contributed by atoms with Crippen molar-refractivity contribution in [3.05, 3.63) is 112 Å². The van der Waals surface area contributed by atoms with Crippen LogP contribution in [0.3, 0.4) is 0 Å². The number of amides is 1. The summed E-state index contributed by atoms with van der Waals surface area (Å²) >= 11 is 7.80. The van der Waals surface area contributed by atoms with Crippen LogP contribution < -0.4 is 9.80 Å². The number of nitrogens with zero attached hydrogens (tertiary/aromatic N) is 5. The molecule has 0 saturated carbocycles. The molecule has 0 N–H and O–H groups in total. The maximum atomic E-state index is 13.2. The van der Waals surface area contributed by atoms with Crippen LogP contribution in [0.5, 0.6) is 0 Å². The van der Waals surface area contributed by atoms with E-state index in [2.05, 4.69) is 22.0 Å². The lowest BCUT2D eigenvalue weighted by Crippen LogP contribution is -2.47. The van der Waals surface area contributed by atoms with Gasteiger partial charge in [-0.15, -0.1) is 0 Å². The molecule has 4 aromatic rings. The zero-order valence-corrected chi connectivity index (χ0v) is 24.8. The van der Waals surface area contributed by atoms with Gasteiger partial charge in [0.2, 0.25) is 0 Å². The minimum atomic E-state index is -4.37. The van der Waals surface area contributed by atoms with Crippen molar-refractivity contribution in [1.82, 2.24) is 14.9 Å². The van der Waals surface area contributed by atoms with Gasteiger partial charge in [0.25, 0.3) is 5.91 Å². The Balaban J connectivity index is 1.05. The Kier molecular flexibility index (Phi) is 8.50. The molecule has 6 nitrogen and oxygen atoms in total. The highest BCUT2D eigenvalue weighted by Gasteiger charge is 2.31. The molecule has 2 aliphatic heterocycles. The third-order valence-corrected chi connectivity index (χ3v) is 8.90. The van der Waals surface area contributed by atoms with Crippen LogP contribution in [-0.4, -0.2) is 53.5 Å². The molecule has 0 spiro atoms. The lowest BCUT2D eigenvalue weighted by Gasteiger charge is -2.37. The smallest absolute Gasteiger partial charge is 0.368 e. The predicted molar refractivity (Wildman–Crippen MR) is 164 cm³/mol. The fraction of sp³-hybridized carbons (Fsp3) is 0.281. The fourth-order valence-corrected chi connectivity index (χ4v) is 6.46. The second-order valence-electron chi connectivity index (χ2n) is 10.6. The highest BCUT2D eigenvalue weighted by atomic mass is 35.5. The molecule has 43 heavy (non-hydrogen) atoms. The summed E-state index contributed by atoms with van der Waals surface area (Å²) in [7, 11) is 0. The van der Waals surface area contributed by atoms with E-state index >= 15 is 0 Å². The molecule has 3 aromatic carbocycles. The molecule has 1 amide bonds. The van der Waals surface area contributed by atoms with Crippen LogP contribution in [0.15, 0.2) is 84.0 Å². The van der Waals surface area contributed by atoms with Crippen molar-refractivity contribution < 1.29 is 18.0 Å². The number of hydrogen-bond donors (Lipinski definition) is 0. The summed E-state index contributed by atoms with van der Waals surface area (Å²) in [6.07, 6.45) is -3.51. The number of rotatable bonds is 6. The first-order chi connectivity index (χ1) is 20.7. The van der Waals surface area contributed by atoms with Gasteiger partial charge in [-0.05, 0) is 53.4 Å². The molecule has 0 unspecified atom stereocenters. The quantitative estimate of drug-likeness (QED) is 0.131. The second-order valence-corrected chi connectivity index (χ2v) is 11.9. The Hall–Kier alpha value is -3.76. The lowest BCUT2D eigenvalue weighted by atomic mass is 9.99. The second kappa shape index (κ2) is 12.5. The number of benzene rings is 3. The standard InChI is InChI=1S/C32H29ClF3N5OS/c33-28-19-29(40-16-14-39(15-17-40)27-7-3-6-26(18-27)32(34,35)36)38-31(37-28)43-21-22-8-10-24(11-9-22)30(42)41-13-12-23-4-1-2-5-25(23)20-41/h1-11,18-19H,12-17,20-21H2. The predicted octanol–water partition coefficient (Wildman–Crippen LogP) is 6.97. The molecular formula is C32H29ClF3N5OS. The van der Waals surface area contributed by atoms with Crippen LogP contribution in [-0.2, 0) is 24.9 Å². The number of carbonyl (C=O) groups excluding carboxylic acids is 1. The van der Waals surface area contributed by atoms with Crippen LogP contribution >= 0.6 is 23.4 Å². The summed E-state index contributed by atoms with van der Waals surface area (Å²) in [6.45, 7) is 3.63. The van der Waals surface area contributed by atoms with E-state index in [-0.39, 0.29) is 5.91 Å². The molecule has 1 fully saturated rings. The molecule has 0 atom stereocenters. The van der Waals surface area contributed by atoms with Crippen molar-refractivity contribution in [3.8, 4) is 0 Å². The summed E-state index contributed by atoms with van der Waals surface area (Å²) in [5.74, 6) is 1.33. The maximum Gasteiger partial charge on any atom is 0.416 e. The fourth-order valence-electron chi connectivity index (χ4n) is 5.43. The highest BCUT2D eigenvalue weighted by molar-refractivity contribution is 7.98. The molecule has 11 heteroatoms. The van der Waals surface area contributed by atoms with Gasteiger partial charge in [-0.1, -0.05) is 65.8 Å². The third-order valence-electron chi connectivity index (χ3n) is 7.79. The average molecular weight is 624 g/mol. The van der Waals surface area contributed by atoms with Crippen molar-refractivity contribution >= 4 is 40.8 Å². The van der Waals surface area contributed by atoms with Crippen LogP contribution in [0.1, 0.15) is 32.6 Å². The van der Waals surface area contributed by atoms with Gasteiger partial charge >= 0.3 is 6.18 Å². The van der Waals surface area contributed by atoms with E-state index in [1.165, 1.54) is 35.0 Å². The molecular weight excluding hydrogens is 595 g/mol. The van der Waals surface area contributed by atoms with Crippen molar-refractivity contribution in [2.75, 3.05) is 42.5 Å². The summed E-state index contributed by atoms with van der Waals surface area (Å²) in [6, 6.07) is 23.0. The van der Waals surface area contributed by atoms with E-state index in [0.717, 1.165) is 18.1 Å². The van der Waals surface area contributed by atoms with Gasteiger partial charge in [-0.25, -0.2) is 9.97 Å². The van der Waals surface area contributed by atoms with E-state index in [9.17, 15) is 18.0 Å². The van der Waals surface area contributed by atoms with E-state index in [4.69, 9.17) is 16.6 Å². The van der Waals surface area contributed by atoms with Crippen LogP contribution in [0.4, 0.5) is 24.7 Å². The lowest BCUT2D eigenvalue weighted by molar-refractivity contribution is -0.137. The number of fused-ring (bicyclic) bond motifs is 1. The van der Waals surface area contributed by atoms with Crippen LogP contribution in [0.25, 0.3) is 0 Å². The monoisotopic (exact) mass is 623 g/mol. The number of halogens is 4. The topological polar surface area (TPSA) is 52.6 Å². The highest BCUT2D eigenvalue weighted by Crippen LogP contribution is 2.32. The summed E-state index contributed by atoms with van der Waals surface area (Å²) in [5.41, 5.74) is 4.12. The number of thioether (sulfide) groups is 1. The first-order valence-electron chi connectivity index (χ1n) is 14.0. The Morgan fingerprint density at radius 2 is 1.56 bits per heavy atom. The van der Waals surface area contributed by atoms with Crippen molar-refractivity contribution in [2.24, 2.45) is 0 Å². The van der Waals surface area contributed by atoms with Gasteiger partial charge in [0.05, 0.1) is 5.56 Å². The van der Waals surface area contributed by atoms with E-state index in [1.54, 1.807) is 12.1 Å². The van der Waals surface area contributed by atoms with Gasteiger partial charge < -0.3 is 14.7 Å². The first-order valence-corrected chi connectivity index (χ1v) is 15.4. The SMILES string of the molecule is O=C(c1ccc(CSc2nc(Cl)cc(N3CCN(c4cccc(C(F)(F)F)c4)CC3)n2)cc1)N1CCc2ccccc2C1. The summed E-state index contributed by atoms with van der Waals surface area (Å²) in [5, 5.41) is 0.867. The zero-order valence-electron chi connectivity index (χ0n) is 23.2. The molecule has 222 valence electrons. The van der Waals surface area contributed by atoms with E-state index in [1.807, 2.05) is 46.2 Å². The Labute approximate surface area is 257 Å². The molecule has 0 radical (unpaired) electrons. The third kappa shape index (κ3) is 6.91. The minimum absolute atomic E-state index is 0.0321. The van der Waals surface area contributed by atoms with E-state index < -0.39 is 11.7 Å². The molecule has 3 heterocycles. The zero-order chi connectivity index (χ0) is 30.0. The summed E-state index contributed by atoms with van der Waals surface area (Å²) < 4.78 is 39.5. The molecule has 0 aliphatic carbocycles. The van der Waals surface area contributed by atoms with Gasteiger partial charge in [0, 0.05) is 62.3 Å². The first kappa shape index (κ1) is 29.3. The Morgan fingerprint density at radius 1 is 0.837 bits per heavy atom. The number of anilines is 2. The molecule has 1 saturated heterocycles. The van der Waals surface area contributed by atoms with Gasteiger partial charge in [-0.2, -0.15) is 13.2 Å². The molecule has 2 aliphatic rings. The molecule has 1 aromatic heterocycles. The average Bonchev–Trinajstić information content (AvgIpc) is 3.03. The van der Waals surface area contributed by atoms with E-state index in [0.29, 0.717) is 72.4 Å². The molecule has 0 bridgehead atoms. The molecule has 6 rings (SSSR count). The minimum Gasteiger partial charge on any atom is -0.368 e. The number of alkyl halides is 3. The summed E-state index contributed by atoms with van der Waals surface area (Å²) in [4.78, 5) is 28.1. The van der Waals surface area contributed by atoms with Crippen molar-refractivity contribution in [2.45, 2.75) is 30.1 Å². The number of aromatic nitrogens is 2. The van der Waals surface area contributed by atoms with Gasteiger partial charge in [0.15, 0.2) is 5.16 Å². The Bertz CT molecular complexity index is 1610. The van der Waals surface area contributed by atoms with Gasteiger partial charge in [-0.3, -0.25) is 4.79 Å². The maximum absolute atomic E-state index is 13.2. The van der Waals surface area contributed by atoms with Crippen molar-refractivity contribution in [3.63, 3.8) is 0 Å². The normalized spacial score (nSPS) is 15.4. The van der Waals surface area contributed by atoms with Crippen molar-refractivity contribution in [1.29, 1.82) is 0 Å². The van der Waals surface area contributed by atoms with Gasteiger partial charge in [0.1, 0.15) is 11.0 Å². The number of hydrogen-bond acceptors (Lipinski definition) is 6. The largest absolute Gasteiger partial charge is 0.416 e. The number of carbonyl (C=O) groups is 1.